The number of fused-ring (bicyclic) bond motifs is 1. The van der Waals surface area contributed by atoms with Gasteiger partial charge in [0, 0.05) is 0 Å². The fourth-order valence-electron chi connectivity index (χ4n) is 1.74. The molecule has 2 rings (SSSR count). The Balaban J connectivity index is 2.17. The van der Waals surface area contributed by atoms with Gasteiger partial charge >= 0.3 is 0 Å². The van der Waals surface area contributed by atoms with Crippen LogP contribution in [0, 0.1) is 0 Å². The maximum Gasteiger partial charge on any atom is 0.276 e. The van der Waals surface area contributed by atoms with E-state index in [2.05, 4.69) is 9.99 Å². The molecule has 5 heteroatoms. The monoisotopic (exact) mass is 181 g/mol. The number of amides is 1. The summed E-state index contributed by atoms with van der Waals surface area (Å²) >= 11 is 0. The molecule has 0 spiro atoms. The molecule has 0 fully saturated rings. The Bertz CT molecular complexity index is 331. The number of nitrogens with zero attached hydrogens (tertiary/aromatic N) is 2. The second-order valence-corrected chi connectivity index (χ2v) is 3.21. The quantitative estimate of drug-likeness (QED) is 0.258. The molecule has 1 aromatic rings. The number of rotatable bonds is 2. The molecule has 5 nitrogen and oxygen atoms in total. The van der Waals surface area contributed by atoms with E-state index in [0.717, 1.165) is 13.0 Å². The molecule has 0 radical (unpaired) electrons. The minimum atomic E-state index is -0.161. The van der Waals surface area contributed by atoms with Crippen molar-refractivity contribution in [3.05, 3.63) is 18.2 Å². The molecule has 1 aliphatic heterocycles. The molecule has 0 bridgehead atoms. The first-order valence-corrected chi connectivity index (χ1v) is 4.38. The number of hydrogen-bond acceptors (Lipinski definition) is 2. The molecule has 3 N–H and O–H groups in total. The van der Waals surface area contributed by atoms with Gasteiger partial charge in [-0.15, -0.1) is 0 Å². The summed E-state index contributed by atoms with van der Waals surface area (Å²) in [6.07, 6.45) is 6.14. The molecule has 1 aromatic heterocycles. The number of hydrazine groups is 1. The van der Waals surface area contributed by atoms with Crippen LogP contribution < -0.4 is 15.8 Å². The van der Waals surface area contributed by atoms with E-state index in [0.29, 0.717) is 6.54 Å². The van der Waals surface area contributed by atoms with Crippen LogP contribution in [0.15, 0.2) is 12.4 Å². The molecule has 0 saturated carbocycles. The van der Waals surface area contributed by atoms with Gasteiger partial charge in [0.25, 0.3) is 11.7 Å². The van der Waals surface area contributed by atoms with Gasteiger partial charge in [0.2, 0.25) is 0 Å². The first-order valence-electron chi connectivity index (χ1n) is 4.38. The Morgan fingerprint density at radius 2 is 2.62 bits per heavy atom. The van der Waals surface area contributed by atoms with Crippen LogP contribution in [0.25, 0.3) is 0 Å². The van der Waals surface area contributed by atoms with Crippen LogP contribution in [-0.2, 0) is 24.3 Å². The van der Waals surface area contributed by atoms with Crippen LogP contribution in [-0.4, -0.2) is 10.5 Å². The average Bonchev–Trinajstić information content (AvgIpc) is 2.69. The van der Waals surface area contributed by atoms with E-state index in [4.69, 9.17) is 5.84 Å². The maximum atomic E-state index is 11.0. The van der Waals surface area contributed by atoms with E-state index in [1.807, 2.05) is 17.0 Å². The van der Waals surface area contributed by atoms with Crippen molar-refractivity contribution in [2.24, 2.45) is 5.84 Å². The second kappa shape index (κ2) is 3.18. The molecule has 0 unspecified atom stereocenters. The number of aromatic nitrogens is 2. The van der Waals surface area contributed by atoms with E-state index < -0.39 is 0 Å². The van der Waals surface area contributed by atoms with Gasteiger partial charge in [0.05, 0.1) is 13.0 Å². The molecule has 70 valence electrons. The van der Waals surface area contributed by atoms with Crippen LogP contribution in [0.3, 0.4) is 0 Å². The summed E-state index contributed by atoms with van der Waals surface area (Å²) in [7, 11) is 0. The molecule has 0 aromatic carbocycles. The first-order chi connectivity index (χ1) is 6.31. The maximum absolute atomic E-state index is 11.0. The summed E-state index contributed by atoms with van der Waals surface area (Å²) in [6, 6.07) is 0. The molecule has 0 aliphatic carbocycles. The molecular weight excluding hydrogens is 168 g/mol. The topological polar surface area (TPSA) is 63.9 Å². The molecule has 0 saturated heterocycles. The highest BCUT2D eigenvalue weighted by Crippen LogP contribution is 2.06. The molecular formula is C8H13N4O+. The van der Waals surface area contributed by atoms with Gasteiger partial charge in [0.15, 0.2) is 6.54 Å². The van der Waals surface area contributed by atoms with Gasteiger partial charge in [-0.05, 0) is 6.42 Å². The summed E-state index contributed by atoms with van der Waals surface area (Å²) in [5, 5.41) is 0. The third-order valence-electron chi connectivity index (χ3n) is 2.36. The number of carbonyl (C=O) groups excluding carboxylic acids is 1. The average molecular weight is 181 g/mol. The van der Waals surface area contributed by atoms with Crippen molar-refractivity contribution in [1.29, 1.82) is 0 Å². The number of hydrogen-bond donors (Lipinski definition) is 2. The van der Waals surface area contributed by atoms with Crippen molar-refractivity contribution in [2.75, 3.05) is 0 Å². The lowest BCUT2D eigenvalue weighted by Crippen LogP contribution is -2.35. The zero-order valence-corrected chi connectivity index (χ0v) is 7.36. The lowest BCUT2D eigenvalue weighted by molar-refractivity contribution is -0.690. The van der Waals surface area contributed by atoms with Crippen LogP contribution in [0.1, 0.15) is 12.2 Å². The standard InChI is InChI=1S/C8H12N4O/c9-10-7(13)6-12-5-4-11-3-1-2-8(11)12/h4-5H,1-3,6,9H2/p+1. The minimum absolute atomic E-state index is 0.161. The predicted octanol–water partition coefficient (Wildman–Crippen LogP) is -1.29. The smallest absolute Gasteiger partial charge is 0.276 e. The number of nitrogens with one attached hydrogen (secondary N) is 1. The van der Waals surface area contributed by atoms with Crippen molar-refractivity contribution in [2.45, 2.75) is 25.9 Å². The predicted molar refractivity (Wildman–Crippen MR) is 45.3 cm³/mol. The Kier molecular flexibility index (Phi) is 2.02. The fourth-order valence-corrected chi connectivity index (χ4v) is 1.74. The molecule has 1 aliphatic rings. The van der Waals surface area contributed by atoms with Crippen molar-refractivity contribution >= 4 is 5.91 Å². The van der Waals surface area contributed by atoms with Crippen molar-refractivity contribution in [3.63, 3.8) is 0 Å². The zero-order valence-electron chi connectivity index (χ0n) is 7.36. The number of carbonyl (C=O) groups is 1. The summed E-state index contributed by atoms with van der Waals surface area (Å²) < 4.78 is 4.11. The SMILES string of the molecule is NNC(=O)Cn1cc[n+]2c1CCC2. The number of imidazole rings is 1. The third-order valence-corrected chi connectivity index (χ3v) is 2.36. The molecule has 13 heavy (non-hydrogen) atoms. The lowest BCUT2D eigenvalue weighted by atomic mass is 10.3. The third kappa shape index (κ3) is 1.42. The number of aryl methyl sites for hydroxylation is 1. The second-order valence-electron chi connectivity index (χ2n) is 3.21. The van der Waals surface area contributed by atoms with Gasteiger partial charge in [-0.1, -0.05) is 0 Å². The molecule has 0 atom stereocenters. The molecule has 1 amide bonds. The van der Waals surface area contributed by atoms with Crippen LogP contribution in [0.2, 0.25) is 0 Å². The highest BCUT2D eigenvalue weighted by molar-refractivity contribution is 5.74. The Morgan fingerprint density at radius 1 is 1.77 bits per heavy atom. The number of nitrogens with two attached hydrogens (primary N) is 1. The fraction of sp³-hybridized carbons (Fsp3) is 0.500. The Hall–Kier alpha value is -1.36. The summed E-state index contributed by atoms with van der Waals surface area (Å²) in [6.45, 7) is 1.38. The Labute approximate surface area is 76.1 Å². The van der Waals surface area contributed by atoms with E-state index in [1.54, 1.807) is 0 Å². The van der Waals surface area contributed by atoms with E-state index >= 15 is 0 Å². The van der Waals surface area contributed by atoms with E-state index in [-0.39, 0.29) is 5.91 Å². The summed E-state index contributed by atoms with van der Waals surface area (Å²) in [4.78, 5) is 11.0. The minimum Gasteiger partial charge on any atom is -0.291 e. The zero-order chi connectivity index (χ0) is 9.26. The van der Waals surface area contributed by atoms with Gasteiger partial charge in [-0.2, -0.15) is 0 Å². The van der Waals surface area contributed by atoms with Crippen molar-refractivity contribution in [1.82, 2.24) is 9.99 Å². The van der Waals surface area contributed by atoms with E-state index in [9.17, 15) is 4.79 Å². The van der Waals surface area contributed by atoms with Crippen LogP contribution in [0.5, 0.6) is 0 Å². The normalized spacial score (nSPS) is 14.2. The lowest BCUT2D eigenvalue weighted by Gasteiger charge is -1.97. The van der Waals surface area contributed by atoms with Gasteiger partial charge in [0.1, 0.15) is 12.4 Å². The van der Waals surface area contributed by atoms with Crippen molar-refractivity contribution in [3.8, 4) is 0 Å². The molecule has 2 heterocycles. The Morgan fingerprint density at radius 3 is 3.38 bits per heavy atom. The van der Waals surface area contributed by atoms with Gasteiger partial charge < -0.3 is 0 Å². The van der Waals surface area contributed by atoms with Crippen LogP contribution in [0.4, 0.5) is 0 Å². The summed E-state index contributed by atoms with van der Waals surface area (Å²) in [5.74, 6) is 6.06. The van der Waals surface area contributed by atoms with Crippen molar-refractivity contribution < 1.29 is 9.36 Å². The largest absolute Gasteiger partial charge is 0.291 e. The summed E-state index contributed by atoms with van der Waals surface area (Å²) in [5.41, 5.74) is 2.13. The highest BCUT2D eigenvalue weighted by atomic mass is 16.2. The van der Waals surface area contributed by atoms with Gasteiger partial charge in [-0.3, -0.25) is 10.2 Å². The van der Waals surface area contributed by atoms with E-state index in [1.165, 1.54) is 12.2 Å². The van der Waals surface area contributed by atoms with Gasteiger partial charge in [-0.25, -0.2) is 15.0 Å². The highest BCUT2D eigenvalue weighted by Gasteiger charge is 2.23. The van der Waals surface area contributed by atoms with Crippen LogP contribution >= 0.6 is 0 Å². The first kappa shape index (κ1) is 8.25.